The van der Waals surface area contributed by atoms with Crippen LogP contribution in [0.1, 0.15) is 12.0 Å². The third kappa shape index (κ3) is 4.71. The second kappa shape index (κ2) is 8.32. The average Bonchev–Trinajstić information content (AvgIpc) is 3.15. The summed E-state index contributed by atoms with van der Waals surface area (Å²) in [6.45, 7) is -0.391. The molecule has 1 aromatic carbocycles. The van der Waals surface area contributed by atoms with E-state index in [0.29, 0.717) is 6.42 Å². The summed E-state index contributed by atoms with van der Waals surface area (Å²) in [4.78, 5) is 39.5. The van der Waals surface area contributed by atoms with E-state index in [-0.39, 0.29) is 16.4 Å². The van der Waals surface area contributed by atoms with E-state index in [1.165, 1.54) is 11.9 Å². The molecule has 7 nitrogen and oxygen atoms in total. The van der Waals surface area contributed by atoms with Crippen LogP contribution in [0.25, 0.3) is 6.08 Å². The second-order valence-electron chi connectivity index (χ2n) is 6.62. The highest BCUT2D eigenvalue weighted by atomic mass is 32.2. The number of hydrogen-bond donors (Lipinski definition) is 0. The Morgan fingerprint density at radius 2 is 2.00 bits per heavy atom. The second-order valence-corrected chi connectivity index (χ2v) is 9.84. The number of thioether (sulfide) groups is 1. The molecular weight excluding hydrogens is 400 g/mol. The van der Waals surface area contributed by atoms with Crippen molar-refractivity contribution in [3.05, 3.63) is 53.0 Å². The number of imide groups is 1. The monoisotopic (exact) mass is 420 g/mol. The number of carbonyl (C=O) groups is 3. The van der Waals surface area contributed by atoms with Crippen LogP contribution in [0.3, 0.4) is 0 Å². The predicted molar refractivity (Wildman–Crippen MR) is 108 cm³/mol. The minimum atomic E-state index is -3.13. The van der Waals surface area contributed by atoms with Gasteiger partial charge in [0.2, 0.25) is 5.91 Å². The van der Waals surface area contributed by atoms with Crippen molar-refractivity contribution in [2.75, 3.05) is 25.1 Å². The number of sulfone groups is 1. The Balaban J connectivity index is 1.62. The molecule has 2 heterocycles. The van der Waals surface area contributed by atoms with E-state index in [0.717, 1.165) is 22.2 Å². The first kappa shape index (κ1) is 20.3. The Morgan fingerprint density at radius 1 is 1.29 bits per heavy atom. The highest BCUT2D eigenvalue weighted by Gasteiger charge is 2.38. The Hall–Kier alpha value is -2.39. The van der Waals surface area contributed by atoms with E-state index in [1.54, 1.807) is 12.2 Å². The van der Waals surface area contributed by atoms with Crippen LogP contribution in [-0.4, -0.2) is 66.4 Å². The fraction of sp³-hybridized carbons (Fsp3) is 0.316. The number of carbonyl (C=O) groups excluding carboxylic acids is 3. The van der Waals surface area contributed by atoms with Gasteiger partial charge in [0.15, 0.2) is 9.84 Å². The highest BCUT2D eigenvalue weighted by Crippen LogP contribution is 2.30. The Morgan fingerprint density at radius 3 is 2.64 bits per heavy atom. The maximum Gasteiger partial charge on any atom is 0.294 e. The van der Waals surface area contributed by atoms with Crippen LogP contribution >= 0.6 is 11.8 Å². The Bertz CT molecular complexity index is 954. The standard InChI is InChI=1S/C19H20N2O5S2/c1-20(15-10-11-28(25,26)13-15)17(22)12-21-18(23)16(27-19(21)24)9-5-8-14-6-3-2-4-7-14/h2-9,15H,10-13H2,1H3/b8-5+,16-9-. The Labute approximate surface area is 168 Å². The van der Waals surface area contributed by atoms with Crippen LogP contribution in [0.15, 0.2) is 47.4 Å². The van der Waals surface area contributed by atoms with Gasteiger partial charge in [-0.15, -0.1) is 0 Å². The number of amides is 3. The maximum absolute atomic E-state index is 12.5. The van der Waals surface area contributed by atoms with Gasteiger partial charge >= 0.3 is 0 Å². The van der Waals surface area contributed by atoms with E-state index < -0.39 is 39.5 Å². The van der Waals surface area contributed by atoms with Crippen LogP contribution in [0.5, 0.6) is 0 Å². The molecule has 0 aliphatic carbocycles. The third-order valence-electron chi connectivity index (χ3n) is 4.65. The van der Waals surface area contributed by atoms with Crippen LogP contribution in [-0.2, 0) is 19.4 Å². The van der Waals surface area contributed by atoms with Gasteiger partial charge in [-0.3, -0.25) is 19.3 Å². The maximum atomic E-state index is 12.5. The molecule has 28 heavy (non-hydrogen) atoms. The van der Waals surface area contributed by atoms with Gasteiger partial charge in [0, 0.05) is 13.1 Å². The van der Waals surface area contributed by atoms with E-state index in [2.05, 4.69) is 0 Å². The molecule has 0 N–H and O–H groups in total. The highest BCUT2D eigenvalue weighted by molar-refractivity contribution is 8.18. The van der Waals surface area contributed by atoms with Crippen LogP contribution in [0.2, 0.25) is 0 Å². The topological polar surface area (TPSA) is 91.8 Å². The van der Waals surface area contributed by atoms with Crippen molar-refractivity contribution in [2.45, 2.75) is 12.5 Å². The van der Waals surface area contributed by atoms with Crippen LogP contribution in [0, 0.1) is 0 Å². The smallest absolute Gasteiger partial charge is 0.294 e. The van der Waals surface area contributed by atoms with Gasteiger partial charge in [-0.25, -0.2) is 8.42 Å². The Kier molecular flexibility index (Phi) is 6.04. The van der Waals surface area contributed by atoms with Gasteiger partial charge < -0.3 is 4.90 Å². The molecule has 2 fully saturated rings. The van der Waals surface area contributed by atoms with Gasteiger partial charge in [0.1, 0.15) is 6.54 Å². The summed E-state index contributed by atoms with van der Waals surface area (Å²) < 4.78 is 23.2. The lowest BCUT2D eigenvalue weighted by Crippen LogP contribution is -2.45. The lowest BCUT2D eigenvalue weighted by Gasteiger charge is -2.25. The number of allylic oxidation sites excluding steroid dienone is 2. The largest absolute Gasteiger partial charge is 0.340 e. The van der Waals surface area contributed by atoms with Crippen molar-refractivity contribution in [3.63, 3.8) is 0 Å². The summed E-state index contributed by atoms with van der Waals surface area (Å²) in [6, 6.07) is 9.09. The SMILES string of the molecule is CN(C(=O)CN1C(=O)S/C(=C\C=C\c2ccccc2)C1=O)C1CCS(=O)(=O)C1. The molecule has 2 aliphatic rings. The fourth-order valence-corrected chi connectivity index (χ4v) is 5.56. The number of hydrogen-bond acceptors (Lipinski definition) is 6. The quantitative estimate of drug-likeness (QED) is 0.676. The summed E-state index contributed by atoms with van der Waals surface area (Å²) in [5.41, 5.74) is 0.960. The van der Waals surface area contributed by atoms with Crippen LogP contribution < -0.4 is 0 Å². The molecule has 1 atom stereocenters. The summed E-state index contributed by atoms with van der Waals surface area (Å²) >= 11 is 0.783. The van der Waals surface area contributed by atoms with Crippen molar-refractivity contribution in [2.24, 2.45) is 0 Å². The van der Waals surface area contributed by atoms with Crippen molar-refractivity contribution < 1.29 is 22.8 Å². The summed E-state index contributed by atoms with van der Waals surface area (Å²) in [5.74, 6) is -1.01. The van der Waals surface area contributed by atoms with Crippen molar-refractivity contribution >= 4 is 44.7 Å². The van der Waals surface area contributed by atoms with E-state index >= 15 is 0 Å². The zero-order valence-electron chi connectivity index (χ0n) is 15.3. The van der Waals surface area contributed by atoms with Gasteiger partial charge in [-0.05, 0) is 29.8 Å². The predicted octanol–water partition coefficient (Wildman–Crippen LogP) is 1.92. The molecule has 0 aromatic heterocycles. The average molecular weight is 421 g/mol. The molecule has 2 saturated heterocycles. The lowest BCUT2D eigenvalue weighted by atomic mass is 10.2. The number of nitrogens with zero attached hydrogens (tertiary/aromatic N) is 2. The summed E-state index contributed by atoms with van der Waals surface area (Å²) in [7, 11) is -1.62. The molecule has 0 radical (unpaired) electrons. The molecule has 2 aliphatic heterocycles. The van der Waals surface area contributed by atoms with Crippen molar-refractivity contribution in [3.8, 4) is 0 Å². The molecule has 0 saturated carbocycles. The molecule has 3 rings (SSSR count). The minimum absolute atomic E-state index is 0.0490. The summed E-state index contributed by atoms with van der Waals surface area (Å²) in [6.07, 6.45) is 5.42. The van der Waals surface area contributed by atoms with Crippen molar-refractivity contribution in [1.82, 2.24) is 9.80 Å². The van der Waals surface area contributed by atoms with Crippen molar-refractivity contribution in [1.29, 1.82) is 0 Å². The first-order valence-corrected chi connectivity index (χ1v) is 11.3. The molecule has 0 spiro atoms. The van der Waals surface area contributed by atoms with Gasteiger partial charge in [0.05, 0.1) is 16.4 Å². The lowest BCUT2D eigenvalue weighted by molar-refractivity contribution is -0.136. The first-order valence-electron chi connectivity index (χ1n) is 8.70. The normalized spacial score (nSPS) is 23.1. The summed E-state index contributed by atoms with van der Waals surface area (Å²) in [5, 5.41) is -0.509. The molecule has 1 aromatic rings. The molecular formula is C19H20N2O5S2. The molecule has 3 amide bonds. The van der Waals surface area contributed by atoms with Crippen LogP contribution in [0.4, 0.5) is 4.79 Å². The molecule has 148 valence electrons. The van der Waals surface area contributed by atoms with Gasteiger partial charge in [-0.1, -0.05) is 42.5 Å². The van der Waals surface area contributed by atoms with E-state index in [1.807, 2.05) is 36.4 Å². The zero-order valence-corrected chi connectivity index (χ0v) is 16.9. The van der Waals surface area contributed by atoms with Gasteiger partial charge in [0.25, 0.3) is 11.1 Å². The number of likely N-dealkylation sites (N-methyl/N-ethyl adjacent to an activating group) is 1. The third-order valence-corrected chi connectivity index (χ3v) is 7.33. The number of rotatable bonds is 5. The molecule has 9 heteroatoms. The van der Waals surface area contributed by atoms with E-state index in [4.69, 9.17) is 0 Å². The molecule has 0 bridgehead atoms. The molecule has 1 unspecified atom stereocenters. The first-order chi connectivity index (χ1) is 13.3. The van der Waals surface area contributed by atoms with E-state index in [9.17, 15) is 22.8 Å². The number of benzene rings is 1. The fourth-order valence-electron chi connectivity index (χ4n) is 2.99. The minimum Gasteiger partial charge on any atom is -0.340 e. The zero-order chi connectivity index (χ0) is 20.3. The van der Waals surface area contributed by atoms with Gasteiger partial charge in [-0.2, -0.15) is 0 Å².